The highest BCUT2D eigenvalue weighted by molar-refractivity contribution is 8.01. The van der Waals surface area contributed by atoms with Crippen molar-refractivity contribution in [2.75, 3.05) is 12.9 Å². The Morgan fingerprint density at radius 1 is 0.939 bits per heavy atom. The molecular weight excluding hydrogens is 470 g/mol. The van der Waals surface area contributed by atoms with Crippen molar-refractivity contribution >= 4 is 35.1 Å². The predicted octanol–water partition coefficient (Wildman–Crippen LogP) is 7.91. The first kappa shape index (κ1) is 24.9. The molecule has 0 saturated carbocycles. The summed E-state index contributed by atoms with van der Waals surface area (Å²) in [5.41, 5.74) is 1.99. The number of nitriles is 1. The van der Waals surface area contributed by atoms with Gasteiger partial charge in [0.15, 0.2) is 5.76 Å². The van der Waals surface area contributed by atoms with Crippen LogP contribution in [0.2, 0.25) is 0 Å². The Kier molecular flexibility index (Phi) is 9.83. The van der Waals surface area contributed by atoms with Crippen molar-refractivity contribution < 1.29 is 9.47 Å². The van der Waals surface area contributed by atoms with Crippen LogP contribution in [0, 0.1) is 11.3 Å². The second kappa shape index (κ2) is 13.1. The van der Waals surface area contributed by atoms with E-state index >= 15 is 0 Å². The third kappa shape index (κ3) is 7.10. The Morgan fingerprint density at radius 2 is 1.52 bits per heavy atom. The van der Waals surface area contributed by atoms with E-state index in [-0.39, 0.29) is 0 Å². The maximum atomic E-state index is 10.5. The molecule has 3 rings (SSSR count). The first-order valence-electron chi connectivity index (χ1n) is 10.3. The summed E-state index contributed by atoms with van der Waals surface area (Å²) in [6.45, 7) is 0. The molecule has 0 bridgehead atoms. The number of nitrogens with zero attached hydrogens (tertiary/aromatic N) is 1. The minimum atomic E-state index is -0.979. The summed E-state index contributed by atoms with van der Waals surface area (Å²) in [7, 11) is 1.55. The van der Waals surface area contributed by atoms with Gasteiger partial charge < -0.3 is 9.47 Å². The number of thioether (sulfide) groups is 2. The van der Waals surface area contributed by atoms with Crippen LogP contribution in [0.15, 0.2) is 124 Å². The minimum Gasteiger partial charge on any atom is -0.493 e. The van der Waals surface area contributed by atoms with Crippen LogP contribution in [0.4, 0.5) is 0 Å². The standard InChI is InChI=1S/C27H24ClNO2S2/c1-30-26(20-31-22-11-5-2-6-12-22)25(19-28)27(21-29,33-24-15-9-4-10-16-24)17-18-32-23-13-7-3-8-14-23/h2-16,19-20H,17-18H2,1H3. The molecule has 3 aromatic carbocycles. The van der Waals surface area contributed by atoms with Gasteiger partial charge in [-0.25, -0.2) is 0 Å². The van der Waals surface area contributed by atoms with Crippen molar-refractivity contribution in [1.82, 2.24) is 0 Å². The van der Waals surface area contributed by atoms with Gasteiger partial charge in [0, 0.05) is 26.7 Å². The van der Waals surface area contributed by atoms with E-state index in [2.05, 4.69) is 18.2 Å². The van der Waals surface area contributed by atoms with Gasteiger partial charge in [-0.05, 0) is 42.8 Å². The van der Waals surface area contributed by atoms with Gasteiger partial charge in [0.2, 0.25) is 0 Å². The van der Waals surface area contributed by atoms with Gasteiger partial charge in [0.25, 0.3) is 0 Å². The molecule has 0 aliphatic rings. The normalized spacial score (nSPS) is 13.6. The smallest absolute Gasteiger partial charge is 0.160 e. The zero-order valence-electron chi connectivity index (χ0n) is 18.2. The highest BCUT2D eigenvalue weighted by Crippen LogP contribution is 2.45. The summed E-state index contributed by atoms with van der Waals surface area (Å²) in [4.78, 5) is 2.12. The third-order valence-corrected chi connectivity index (χ3v) is 7.36. The molecule has 0 spiro atoms. The number of para-hydroxylation sites is 1. The molecule has 0 radical (unpaired) electrons. The van der Waals surface area contributed by atoms with Gasteiger partial charge in [0.05, 0.1) is 13.2 Å². The van der Waals surface area contributed by atoms with Gasteiger partial charge in [-0.15, -0.1) is 11.8 Å². The quantitative estimate of drug-likeness (QED) is 0.154. The van der Waals surface area contributed by atoms with Crippen LogP contribution in [-0.4, -0.2) is 17.6 Å². The topological polar surface area (TPSA) is 42.2 Å². The van der Waals surface area contributed by atoms with E-state index in [9.17, 15) is 5.26 Å². The first-order chi connectivity index (χ1) is 16.2. The molecule has 0 heterocycles. The summed E-state index contributed by atoms with van der Waals surface area (Å²) in [5, 5.41) is 10.5. The van der Waals surface area contributed by atoms with Gasteiger partial charge in [-0.2, -0.15) is 5.26 Å². The molecule has 0 N–H and O–H groups in total. The van der Waals surface area contributed by atoms with Crippen molar-refractivity contribution in [2.24, 2.45) is 0 Å². The van der Waals surface area contributed by atoms with Gasteiger partial charge in [-0.1, -0.05) is 78.0 Å². The molecule has 0 aromatic heterocycles. The molecular formula is C27H24ClNO2S2. The summed E-state index contributed by atoms with van der Waals surface area (Å²) in [6, 6.07) is 31.9. The Labute approximate surface area is 209 Å². The molecule has 0 aliphatic heterocycles. The maximum absolute atomic E-state index is 10.5. The number of hydrogen-bond acceptors (Lipinski definition) is 5. The van der Waals surface area contributed by atoms with Crippen molar-refractivity contribution in [3.05, 3.63) is 114 Å². The SMILES string of the molecule is COC(=COc1ccccc1)C(=CCl)C(C#N)(CCSc1ccccc1)Sc1ccccc1. The molecule has 0 saturated heterocycles. The van der Waals surface area contributed by atoms with E-state index < -0.39 is 4.75 Å². The number of hydrogen-bond donors (Lipinski definition) is 0. The minimum absolute atomic E-state index is 0.406. The number of allylic oxidation sites excluding steroid dienone is 1. The van der Waals surface area contributed by atoms with E-state index in [1.165, 1.54) is 23.6 Å². The number of rotatable bonds is 11. The number of ether oxygens (including phenoxy) is 2. The highest BCUT2D eigenvalue weighted by atomic mass is 35.5. The van der Waals surface area contributed by atoms with E-state index in [1.807, 2.05) is 78.9 Å². The van der Waals surface area contributed by atoms with Crippen molar-refractivity contribution in [3.8, 4) is 11.8 Å². The molecule has 6 heteroatoms. The van der Waals surface area contributed by atoms with E-state index in [0.29, 0.717) is 23.5 Å². The summed E-state index contributed by atoms with van der Waals surface area (Å²) < 4.78 is 10.5. The second-order valence-electron chi connectivity index (χ2n) is 6.91. The number of benzene rings is 3. The Balaban J connectivity index is 1.91. The van der Waals surface area contributed by atoms with Crippen molar-refractivity contribution in [2.45, 2.75) is 21.0 Å². The third-order valence-electron chi connectivity index (χ3n) is 4.76. The number of methoxy groups -OCH3 is 1. The average Bonchev–Trinajstić information content (AvgIpc) is 2.88. The zero-order valence-corrected chi connectivity index (χ0v) is 20.6. The van der Waals surface area contributed by atoms with E-state index in [0.717, 1.165) is 15.5 Å². The van der Waals surface area contributed by atoms with Crippen LogP contribution >= 0.6 is 35.1 Å². The molecule has 168 valence electrons. The lowest BCUT2D eigenvalue weighted by Gasteiger charge is -2.29. The fourth-order valence-electron chi connectivity index (χ4n) is 3.08. The van der Waals surface area contributed by atoms with Crippen LogP contribution in [0.5, 0.6) is 5.75 Å². The zero-order chi connectivity index (χ0) is 23.4. The van der Waals surface area contributed by atoms with Crippen molar-refractivity contribution in [3.63, 3.8) is 0 Å². The Hall–Kier alpha value is -2.78. The fraction of sp³-hybridized carbons (Fsp3) is 0.148. The summed E-state index contributed by atoms with van der Waals surface area (Å²) in [5.74, 6) is 1.80. The Bertz CT molecular complexity index is 1100. The van der Waals surface area contributed by atoms with Crippen LogP contribution in [0.3, 0.4) is 0 Å². The molecule has 0 fully saturated rings. The lowest BCUT2D eigenvalue weighted by Crippen LogP contribution is -2.28. The molecule has 3 nitrogen and oxygen atoms in total. The van der Waals surface area contributed by atoms with Gasteiger partial charge >= 0.3 is 0 Å². The van der Waals surface area contributed by atoms with Crippen LogP contribution in [0.25, 0.3) is 0 Å². The van der Waals surface area contributed by atoms with Crippen LogP contribution < -0.4 is 4.74 Å². The van der Waals surface area contributed by atoms with Gasteiger partial charge in [-0.3, -0.25) is 0 Å². The lowest BCUT2D eigenvalue weighted by atomic mass is 9.96. The lowest BCUT2D eigenvalue weighted by molar-refractivity contribution is 0.279. The molecule has 3 aromatic rings. The van der Waals surface area contributed by atoms with Gasteiger partial charge in [0.1, 0.15) is 16.8 Å². The second-order valence-corrected chi connectivity index (χ2v) is 9.66. The molecule has 0 aliphatic carbocycles. The average molecular weight is 494 g/mol. The van der Waals surface area contributed by atoms with Crippen molar-refractivity contribution in [1.29, 1.82) is 5.26 Å². The van der Waals surface area contributed by atoms with Crippen LogP contribution in [-0.2, 0) is 4.74 Å². The maximum Gasteiger partial charge on any atom is 0.160 e. The molecule has 1 atom stereocenters. The monoisotopic (exact) mass is 493 g/mol. The van der Waals surface area contributed by atoms with E-state index in [1.54, 1.807) is 18.9 Å². The van der Waals surface area contributed by atoms with Crippen LogP contribution in [0.1, 0.15) is 6.42 Å². The number of halogens is 1. The summed E-state index contributed by atoms with van der Waals surface area (Å²) in [6.07, 6.45) is 2.05. The summed E-state index contributed by atoms with van der Waals surface area (Å²) >= 11 is 9.51. The molecule has 1 unspecified atom stereocenters. The molecule has 33 heavy (non-hydrogen) atoms. The largest absolute Gasteiger partial charge is 0.493 e. The molecule has 0 amide bonds. The predicted molar refractivity (Wildman–Crippen MR) is 139 cm³/mol. The fourth-order valence-corrected chi connectivity index (χ4v) is 5.78. The first-order valence-corrected chi connectivity index (χ1v) is 12.5. The Morgan fingerprint density at radius 3 is 2.06 bits per heavy atom. The van der Waals surface area contributed by atoms with E-state index in [4.69, 9.17) is 21.1 Å². The highest BCUT2D eigenvalue weighted by Gasteiger charge is 2.38.